The molecule has 90 valence electrons. The van der Waals surface area contributed by atoms with E-state index in [0.29, 0.717) is 5.56 Å². The van der Waals surface area contributed by atoms with E-state index in [2.05, 4.69) is 6.07 Å². The number of aliphatic carboxylic acids is 1. The van der Waals surface area contributed by atoms with Gasteiger partial charge in [0, 0.05) is 19.5 Å². The van der Waals surface area contributed by atoms with Crippen molar-refractivity contribution in [1.82, 2.24) is 0 Å². The minimum absolute atomic E-state index is 0. The maximum absolute atomic E-state index is 10.0. The van der Waals surface area contributed by atoms with Gasteiger partial charge < -0.3 is 17.5 Å². The molecule has 0 spiro atoms. The van der Waals surface area contributed by atoms with E-state index >= 15 is 0 Å². The second-order valence-corrected chi connectivity index (χ2v) is 3.96. The van der Waals surface area contributed by atoms with Crippen molar-refractivity contribution >= 4 is 5.97 Å². The van der Waals surface area contributed by atoms with Crippen LogP contribution in [0.25, 0.3) is 0 Å². The standard InChI is InChI=1S/C7H4N.C5H10O2.ClH.Li.Zn/c8-6-7-4-2-1-3-5-7;1-5(2,3)4(6)7;;;/h2-5H;1-3H3,(H,6,7);1H;;/q-1;;;+1;/p-1. The summed E-state index contributed by atoms with van der Waals surface area (Å²) in [5, 5.41) is 16.5. The molecule has 0 aliphatic rings. The molecule has 0 radical (unpaired) electrons. The van der Waals surface area contributed by atoms with E-state index in [0.717, 1.165) is 0 Å². The van der Waals surface area contributed by atoms with E-state index in [-0.39, 0.29) is 50.7 Å². The Hall–Kier alpha value is -0.309. The molecule has 3 nitrogen and oxygen atoms in total. The monoisotopic (exact) mass is 310 g/mol. The molecule has 0 bridgehead atoms. The van der Waals surface area contributed by atoms with Gasteiger partial charge >= 0.3 is 24.8 Å². The van der Waals surface area contributed by atoms with Crippen molar-refractivity contribution in [3.63, 3.8) is 0 Å². The molecule has 0 aliphatic carbocycles. The maximum atomic E-state index is 10.0. The Labute approximate surface area is 139 Å². The third-order valence-corrected chi connectivity index (χ3v) is 1.49. The zero-order valence-electron chi connectivity index (χ0n) is 11.2. The van der Waals surface area contributed by atoms with Crippen LogP contribution < -0.4 is 31.3 Å². The van der Waals surface area contributed by atoms with Crippen LogP contribution in [0.3, 0.4) is 0 Å². The Balaban J connectivity index is -0.0000000942. The average molecular weight is 312 g/mol. The summed E-state index contributed by atoms with van der Waals surface area (Å²) in [4.78, 5) is 10.0. The minimum Gasteiger partial charge on any atom is -1.00 e. The summed E-state index contributed by atoms with van der Waals surface area (Å²) < 4.78 is 0. The van der Waals surface area contributed by atoms with Crippen LogP contribution in [0.5, 0.6) is 0 Å². The number of benzene rings is 1. The zero-order valence-corrected chi connectivity index (χ0v) is 14.9. The van der Waals surface area contributed by atoms with Gasteiger partial charge in [0.1, 0.15) is 0 Å². The second kappa shape index (κ2) is 13.1. The molecule has 6 heteroatoms. The summed E-state index contributed by atoms with van der Waals surface area (Å²) in [5.41, 5.74) is 0.101. The number of carboxylic acids is 1. The predicted octanol–water partition coefficient (Wildman–Crippen LogP) is -3.52. The van der Waals surface area contributed by atoms with Crippen LogP contribution >= 0.6 is 0 Å². The maximum Gasteiger partial charge on any atom is 1.00 e. The summed E-state index contributed by atoms with van der Waals surface area (Å²) in [5.74, 6) is -0.757. The quantitative estimate of drug-likeness (QED) is 0.399. The van der Waals surface area contributed by atoms with Crippen LogP contribution in [0.4, 0.5) is 0 Å². The molecule has 0 saturated carbocycles. The zero-order chi connectivity index (χ0) is 11.9. The van der Waals surface area contributed by atoms with Gasteiger partial charge in [-0.05, 0) is 20.8 Å². The van der Waals surface area contributed by atoms with Gasteiger partial charge in [-0.25, -0.2) is 0 Å². The number of carbonyl (C=O) groups is 1. The van der Waals surface area contributed by atoms with Crippen molar-refractivity contribution in [1.29, 1.82) is 5.26 Å². The van der Waals surface area contributed by atoms with Crippen molar-refractivity contribution in [2.75, 3.05) is 0 Å². The van der Waals surface area contributed by atoms with Crippen molar-refractivity contribution in [2.24, 2.45) is 5.41 Å². The number of hydrogen-bond acceptors (Lipinski definition) is 2. The summed E-state index contributed by atoms with van der Waals surface area (Å²) in [7, 11) is 0. The van der Waals surface area contributed by atoms with Crippen LogP contribution in [0.2, 0.25) is 0 Å². The molecule has 0 atom stereocenters. The van der Waals surface area contributed by atoms with Crippen molar-refractivity contribution in [2.45, 2.75) is 20.8 Å². The first-order valence-electron chi connectivity index (χ1n) is 4.47. The molecule has 0 aromatic heterocycles. The molecule has 0 fully saturated rings. The Kier molecular flexibility index (Phi) is 19.2. The molecule has 1 aromatic rings. The summed E-state index contributed by atoms with van der Waals surface area (Å²) in [6.07, 6.45) is 0. The molecule has 0 unspecified atom stereocenters. The van der Waals surface area contributed by atoms with Crippen LogP contribution in [-0.2, 0) is 24.3 Å². The van der Waals surface area contributed by atoms with Gasteiger partial charge in [0.15, 0.2) is 0 Å². The van der Waals surface area contributed by atoms with Crippen LogP contribution in [0.15, 0.2) is 24.3 Å². The topological polar surface area (TPSA) is 61.1 Å². The molecule has 0 heterocycles. The van der Waals surface area contributed by atoms with Gasteiger partial charge in [0.05, 0.1) is 11.5 Å². The minimum atomic E-state index is -0.757. The van der Waals surface area contributed by atoms with Gasteiger partial charge in [-0.1, -0.05) is 5.56 Å². The van der Waals surface area contributed by atoms with E-state index in [9.17, 15) is 4.79 Å². The number of nitrogens with zero attached hydrogens (tertiary/aromatic N) is 1. The first-order valence-corrected chi connectivity index (χ1v) is 4.47. The number of rotatable bonds is 0. The van der Waals surface area contributed by atoms with Crippen LogP contribution in [0, 0.1) is 22.8 Å². The van der Waals surface area contributed by atoms with Crippen LogP contribution in [-0.4, -0.2) is 11.1 Å². The van der Waals surface area contributed by atoms with E-state index < -0.39 is 11.4 Å². The number of hydrogen-bond donors (Lipinski definition) is 1. The van der Waals surface area contributed by atoms with Crippen molar-refractivity contribution < 1.29 is 60.6 Å². The fourth-order valence-corrected chi connectivity index (χ4v) is 0.461. The summed E-state index contributed by atoms with van der Waals surface area (Å²) in [6, 6.07) is 11.7. The van der Waals surface area contributed by atoms with Crippen LogP contribution in [0.1, 0.15) is 26.3 Å². The first kappa shape index (κ1) is 26.3. The molecule has 1 aromatic carbocycles. The molecule has 0 amide bonds. The smallest absolute Gasteiger partial charge is 1.00 e. The molecular formula is C12H14ClLiNO2Zn-. The Morgan fingerprint density at radius 1 is 1.33 bits per heavy atom. The third-order valence-electron chi connectivity index (χ3n) is 1.49. The van der Waals surface area contributed by atoms with E-state index in [4.69, 9.17) is 10.4 Å². The predicted molar refractivity (Wildman–Crippen MR) is 57.1 cm³/mol. The SMILES string of the molecule is CC(C)(C)C(=O)O.N#Cc1cc[c-]cc1.[Cl-].[Li+].[Zn]. The molecule has 0 aliphatic heterocycles. The summed E-state index contributed by atoms with van der Waals surface area (Å²) >= 11 is 0. The molecular weight excluding hydrogens is 298 g/mol. The molecule has 1 N–H and O–H groups in total. The number of nitriles is 1. The average Bonchev–Trinajstić information content (AvgIpc) is 2.18. The summed E-state index contributed by atoms with van der Waals surface area (Å²) in [6.45, 7) is 4.99. The first-order chi connectivity index (χ1) is 6.88. The van der Waals surface area contributed by atoms with Crippen molar-refractivity contribution in [3.8, 4) is 6.07 Å². The largest absolute Gasteiger partial charge is 1.00 e. The molecule has 1 rings (SSSR count). The van der Waals surface area contributed by atoms with E-state index in [1.54, 1.807) is 45.0 Å². The molecule has 18 heavy (non-hydrogen) atoms. The molecule has 0 saturated heterocycles. The Morgan fingerprint density at radius 2 is 1.67 bits per heavy atom. The Bertz CT molecular complexity index is 361. The van der Waals surface area contributed by atoms with Gasteiger partial charge in [0.2, 0.25) is 0 Å². The Morgan fingerprint density at radius 3 is 1.83 bits per heavy atom. The van der Waals surface area contributed by atoms with E-state index in [1.165, 1.54) is 0 Å². The second-order valence-electron chi connectivity index (χ2n) is 3.96. The third kappa shape index (κ3) is 13.8. The van der Waals surface area contributed by atoms with Crippen molar-refractivity contribution in [3.05, 3.63) is 35.9 Å². The van der Waals surface area contributed by atoms with Gasteiger partial charge in [-0.2, -0.15) is 35.6 Å². The van der Waals surface area contributed by atoms with Gasteiger partial charge in [-0.3, -0.25) is 4.79 Å². The fraction of sp³-hybridized carbons (Fsp3) is 0.333. The normalized spacial score (nSPS) is 7.89. The van der Waals surface area contributed by atoms with Gasteiger partial charge in [0.25, 0.3) is 0 Å². The van der Waals surface area contributed by atoms with E-state index in [1.807, 2.05) is 6.07 Å². The number of halogens is 1. The fourth-order valence-electron chi connectivity index (χ4n) is 0.461. The number of carboxylic acid groups (broad SMARTS) is 1. The van der Waals surface area contributed by atoms with Gasteiger partial charge in [-0.15, -0.1) is 0 Å².